The van der Waals surface area contributed by atoms with Gasteiger partial charge in [0.15, 0.2) is 0 Å². The van der Waals surface area contributed by atoms with Crippen molar-refractivity contribution in [2.24, 2.45) is 5.73 Å². The van der Waals surface area contributed by atoms with E-state index in [9.17, 15) is 14.7 Å². The fraction of sp³-hybridized carbons (Fsp3) is 0.476. The van der Waals surface area contributed by atoms with Crippen LogP contribution in [0.3, 0.4) is 0 Å². The van der Waals surface area contributed by atoms with Crippen LogP contribution in [0, 0.1) is 0 Å². The Hall–Kier alpha value is -2.58. The Kier molecular flexibility index (Phi) is 7.49. The summed E-state index contributed by atoms with van der Waals surface area (Å²) in [6, 6.07) is 5.18. The van der Waals surface area contributed by atoms with Crippen LogP contribution in [0.2, 0.25) is 0 Å². The zero-order valence-corrected chi connectivity index (χ0v) is 18.6. The molecule has 2 aromatic rings. The van der Waals surface area contributed by atoms with E-state index in [0.29, 0.717) is 19.5 Å². The third-order valence-corrected chi connectivity index (χ3v) is 5.42. The van der Waals surface area contributed by atoms with Gasteiger partial charge in [-0.1, -0.05) is 6.07 Å². The number of halogens is 1. The number of benzene rings is 1. The number of nitrogens with zero attached hydrogens (tertiary/aromatic N) is 4. The van der Waals surface area contributed by atoms with Gasteiger partial charge >= 0.3 is 6.09 Å². The topological polar surface area (TPSA) is 105 Å². The van der Waals surface area contributed by atoms with Gasteiger partial charge in [-0.2, -0.15) is 0 Å². The van der Waals surface area contributed by atoms with Gasteiger partial charge < -0.3 is 20.3 Å². The number of nitrogens with two attached hydrogens (primary N) is 1. The highest BCUT2D eigenvalue weighted by molar-refractivity contribution is 5.94. The number of hydrogen-bond donors (Lipinski definition) is 2. The molecule has 0 saturated heterocycles. The Labute approximate surface area is 183 Å². The number of amides is 2. The maximum absolute atomic E-state index is 12.3. The first-order chi connectivity index (χ1) is 13.7. The van der Waals surface area contributed by atoms with Crippen LogP contribution >= 0.6 is 12.4 Å². The molecule has 2 atom stereocenters. The lowest BCUT2D eigenvalue weighted by Crippen LogP contribution is -2.48. The van der Waals surface area contributed by atoms with E-state index in [-0.39, 0.29) is 36.4 Å². The first kappa shape index (κ1) is 23.7. The van der Waals surface area contributed by atoms with E-state index in [2.05, 4.69) is 4.98 Å². The normalized spacial score (nSPS) is 18.0. The summed E-state index contributed by atoms with van der Waals surface area (Å²) < 4.78 is 1.92. The van der Waals surface area contributed by atoms with Gasteiger partial charge in [-0.15, -0.1) is 12.4 Å². The molecule has 3 rings (SSSR count). The Bertz CT molecular complexity index is 914. The van der Waals surface area contributed by atoms with Crippen LogP contribution in [-0.4, -0.2) is 50.2 Å². The summed E-state index contributed by atoms with van der Waals surface area (Å²) in [5.41, 5.74) is 8.89. The summed E-state index contributed by atoms with van der Waals surface area (Å²) in [6.45, 7) is 8.44. The molecular weight excluding hydrogens is 406 g/mol. The second-order valence-electron chi connectivity index (χ2n) is 7.83. The van der Waals surface area contributed by atoms with Crippen LogP contribution in [0.5, 0.6) is 0 Å². The number of carbonyl (C=O) groups excluding carboxylic acids is 1. The van der Waals surface area contributed by atoms with Crippen molar-refractivity contribution in [1.82, 2.24) is 14.5 Å². The Morgan fingerprint density at radius 1 is 1.37 bits per heavy atom. The minimum absolute atomic E-state index is 0. The third-order valence-electron chi connectivity index (χ3n) is 5.42. The fourth-order valence-corrected chi connectivity index (χ4v) is 4.23. The molecule has 0 radical (unpaired) electrons. The Morgan fingerprint density at radius 3 is 2.63 bits per heavy atom. The quantitative estimate of drug-likeness (QED) is 0.747. The Balaban J connectivity index is 0.00000320. The van der Waals surface area contributed by atoms with Crippen LogP contribution in [-0.2, 0) is 11.3 Å². The van der Waals surface area contributed by atoms with E-state index in [1.54, 1.807) is 18.2 Å². The predicted molar refractivity (Wildman–Crippen MR) is 119 cm³/mol. The second kappa shape index (κ2) is 9.49. The standard InChI is InChI=1S/C21H29N5O3.ClH/c1-13(2)25(21(28)29)20-9-14(3)26(15(4)27)19-6-5-16(10-17(19)20)18-11-24(8-7-22)12-23-18;/h5-6,10-14,20H,7-9,22H2,1-4H3,(H,28,29);1H/t14-,20+;/m0./s1. The van der Waals surface area contributed by atoms with Gasteiger partial charge in [0.2, 0.25) is 5.91 Å². The molecule has 0 spiro atoms. The highest BCUT2D eigenvalue weighted by atomic mass is 35.5. The molecule has 30 heavy (non-hydrogen) atoms. The van der Waals surface area contributed by atoms with Crippen LogP contribution in [0.25, 0.3) is 11.3 Å². The maximum atomic E-state index is 12.3. The van der Waals surface area contributed by atoms with E-state index >= 15 is 0 Å². The average Bonchev–Trinajstić information content (AvgIpc) is 3.09. The number of imidazole rings is 1. The summed E-state index contributed by atoms with van der Waals surface area (Å²) in [7, 11) is 0. The molecule has 0 fully saturated rings. The third kappa shape index (κ3) is 4.44. The van der Waals surface area contributed by atoms with Crippen molar-refractivity contribution < 1.29 is 14.7 Å². The molecule has 0 aliphatic carbocycles. The smallest absolute Gasteiger partial charge is 0.408 e. The Morgan fingerprint density at radius 2 is 2.07 bits per heavy atom. The van der Waals surface area contributed by atoms with Gasteiger partial charge in [-0.3, -0.25) is 9.69 Å². The number of anilines is 1. The van der Waals surface area contributed by atoms with E-state index < -0.39 is 6.09 Å². The molecule has 0 bridgehead atoms. The highest BCUT2D eigenvalue weighted by Gasteiger charge is 2.38. The minimum atomic E-state index is -0.961. The number of aromatic nitrogens is 2. The molecule has 2 amide bonds. The van der Waals surface area contributed by atoms with Crippen molar-refractivity contribution >= 4 is 30.1 Å². The van der Waals surface area contributed by atoms with E-state index in [4.69, 9.17) is 5.73 Å². The fourth-order valence-electron chi connectivity index (χ4n) is 4.23. The molecule has 164 valence electrons. The van der Waals surface area contributed by atoms with Gasteiger partial charge in [-0.05, 0) is 44.9 Å². The van der Waals surface area contributed by atoms with Crippen molar-refractivity contribution in [2.45, 2.75) is 58.8 Å². The molecule has 1 aliphatic rings. The molecule has 1 aromatic carbocycles. The van der Waals surface area contributed by atoms with Gasteiger partial charge in [0.25, 0.3) is 0 Å². The SMILES string of the molecule is CC(=O)N1c2ccc(-c3cn(CCN)cn3)cc2[C@H](N(C(=O)O)C(C)C)C[C@@H]1C.Cl. The van der Waals surface area contributed by atoms with E-state index in [1.807, 2.05) is 49.7 Å². The van der Waals surface area contributed by atoms with Gasteiger partial charge in [-0.25, -0.2) is 9.78 Å². The van der Waals surface area contributed by atoms with Crippen molar-refractivity contribution in [3.05, 3.63) is 36.3 Å². The van der Waals surface area contributed by atoms with Crippen molar-refractivity contribution in [2.75, 3.05) is 11.4 Å². The molecule has 0 saturated carbocycles. The summed E-state index contributed by atoms with van der Waals surface area (Å²) in [5.74, 6) is -0.0522. The van der Waals surface area contributed by atoms with Crippen LogP contribution < -0.4 is 10.6 Å². The zero-order valence-electron chi connectivity index (χ0n) is 17.8. The monoisotopic (exact) mass is 435 g/mol. The van der Waals surface area contributed by atoms with E-state index in [1.165, 1.54) is 4.90 Å². The molecule has 1 aliphatic heterocycles. The second-order valence-corrected chi connectivity index (χ2v) is 7.83. The van der Waals surface area contributed by atoms with Crippen LogP contribution in [0.15, 0.2) is 30.7 Å². The molecule has 0 unspecified atom stereocenters. The summed E-state index contributed by atoms with van der Waals surface area (Å²) >= 11 is 0. The van der Waals surface area contributed by atoms with Gasteiger partial charge in [0, 0.05) is 49.5 Å². The molecular formula is C21H30ClN5O3. The van der Waals surface area contributed by atoms with E-state index in [0.717, 1.165) is 22.5 Å². The summed E-state index contributed by atoms with van der Waals surface area (Å²) in [6.07, 6.45) is 3.25. The number of fused-ring (bicyclic) bond motifs is 1. The summed E-state index contributed by atoms with van der Waals surface area (Å²) in [4.78, 5) is 32.0. The largest absolute Gasteiger partial charge is 0.465 e. The molecule has 1 aromatic heterocycles. The van der Waals surface area contributed by atoms with Gasteiger partial charge in [0.05, 0.1) is 18.1 Å². The van der Waals surface area contributed by atoms with Crippen LogP contribution in [0.1, 0.15) is 45.7 Å². The minimum Gasteiger partial charge on any atom is -0.465 e. The summed E-state index contributed by atoms with van der Waals surface area (Å²) in [5, 5.41) is 9.85. The number of carbonyl (C=O) groups is 2. The predicted octanol–water partition coefficient (Wildman–Crippen LogP) is 3.51. The first-order valence-corrected chi connectivity index (χ1v) is 9.91. The number of carboxylic acid groups (broad SMARTS) is 1. The van der Waals surface area contributed by atoms with Crippen molar-refractivity contribution in [3.63, 3.8) is 0 Å². The van der Waals surface area contributed by atoms with Gasteiger partial charge in [0.1, 0.15) is 0 Å². The zero-order chi connectivity index (χ0) is 21.3. The molecule has 2 heterocycles. The van der Waals surface area contributed by atoms with Crippen molar-refractivity contribution in [3.8, 4) is 11.3 Å². The lowest BCUT2D eigenvalue weighted by molar-refractivity contribution is -0.117. The average molecular weight is 436 g/mol. The number of rotatable bonds is 5. The lowest BCUT2D eigenvalue weighted by Gasteiger charge is -2.43. The van der Waals surface area contributed by atoms with Crippen LogP contribution in [0.4, 0.5) is 10.5 Å². The lowest BCUT2D eigenvalue weighted by atomic mass is 9.88. The van der Waals surface area contributed by atoms with Crippen molar-refractivity contribution in [1.29, 1.82) is 0 Å². The maximum Gasteiger partial charge on any atom is 0.408 e. The number of hydrogen-bond acceptors (Lipinski definition) is 4. The highest BCUT2D eigenvalue weighted by Crippen LogP contribution is 2.42. The first-order valence-electron chi connectivity index (χ1n) is 9.91. The molecule has 3 N–H and O–H groups in total. The molecule has 8 nitrogen and oxygen atoms in total. The molecule has 9 heteroatoms.